The Balaban J connectivity index is 2.09. The summed E-state index contributed by atoms with van der Waals surface area (Å²) in [7, 11) is 0. The minimum atomic E-state index is 0.0450. The second kappa shape index (κ2) is 5.29. The molecule has 2 aromatic rings. The van der Waals surface area contributed by atoms with Gasteiger partial charge in [-0.05, 0) is 43.5 Å². The van der Waals surface area contributed by atoms with Crippen LogP contribution in [0.25, 0.3) is 10.8 Å². The monoisotopic (exact) mass is 271 g/mol. The molecule has 1 atom stereocenters. The molecule has 3 rings (SSSR count). The summed E-state index contributed by atoms with van der Waals surface area (Å²) in [4.78, 5) is 15.1. The second-order valence-electron chi connectivity index (χ2n) is 5.52. The highest BCUT2D eigenvalue weighted by molar-refractivity contribution is 5.83. The number of rotatable bonds is 2. The largest absolute Gasteiger partial charge is 0.385 e. The van der Waals surface area contributed by atoms with Crippen molar-refractivity contribution in [2.24, 2.45) is 0 Å². The molecule has 1 fully saturated rings. The quantitative estimate of drug-likeness (QED) is 0.911. The number of fused-ring (bicyclic) bond motifs is 1. The van der Waals surface area contributed by atoms with E-state index in [-0.39, 0.29) is 11.6 Å². The van der Waals surface area contributed by atoms with Gasteiger partial charge in [0.25, 0.3) is 5.56 Å². The normalized spacial score (nSPS) is 20.4. The van der Waals surface area contributed by atoms with Crippen molar-refractivity contribution in [3.63, 3.8) is 0 Å². The zero-order valence-corrected chi connectivity index (χ0v) is 11.9. The van der Waals surface area contributed by atoms with Crippen LogP contribution in [0.5, 0.6) is 0 Å². The van der Waals surface area contributed by atoms with E-state index in [0.717, 1.165) is 43.2 Å². The van der Waals surface area contributed by atoms with E-state index in [1.54, 1.807) is 4.57 Å². The number of aromatic nitrogens is 1. The van der Waals surface area contributed by atoms with Crippen molar-refractivity contribution in [2.45, 2.75) is 25.8 Å². The first kappa shape index (κ1) is 13.2. The molecule has 4 heteroatoms. The van der Waals surface area contributed by atoms with Crippen LogP contribution >= 0.6 is 0 Å². The molecule has 1 saturated heterocycles. The third kappa shape index (κ3) is 2.20. The number of nitrogen functional groups attached to an aromatic ring is 1. The van der Waals surface area contributed by atoms with Crippen LogP contribution in [-0.2, 0) is 0 Å². The predicted molar refractivity (Wildman–Crippen MR) is 83.0 cm³/mol. The lowest BCUT2D eigenvalue weighted by Crippen LogP contribution is -2.40. The highest BCUT2D eigenvalue weighted by atomic mass is 16.1. The van der Waals surface area contributed by atoms with E-state index in [9.17, 15) is 4.79 Å². The third-order valence-electron chi connectivity index (χ3n) is 4.28. The van der Waals surface area contributed by atoms with Crippen molar-refractivity contribution in [3.05, 3.63) is 40.7 Å². The Bertz CT molecular complexity index is 677. The molecule has 4 nitrogen and oxygen atoms in total. The van der Waals surface area contributed by atoms with Gasteiger partial charge in [-0.3, -0.25) is 9.36 Å². The summed E-state index contributed by atoms with van der Waals surface area (Å²) in [5.41, 5.74) is 6.19. The van der Waals surface area contributed by atoms with Gasteiger partial charge in [0.2, 0.25) is 0 Å². The van der Waals surface area contributed by atoms with Crippen molar-refractivity contribution in [1.29, 1.82) is 0 Å². The molecule has 20 heavy (non-hydrogen) atoms. The lowest BCUT2D eigenvalue weighted by atomic mass is 10.0. The predicted octanol–water partition coefficient (Wildman–Crippen LogP) is 2.24. The number of hydrogen-bond donors (Lipinski definition) is 1. The first-order chi connectivity index (χ1) is 9.70. The zero-order valence-electron chi connectivity index (χ0n) is 11.9. The molecular weight excluding hydrogens is 250 g/mol. The summed E-state index contributed by atoms with van der Waals surface area (Å²) < 4.78 is 1.80. The molecule has 106 valence electrons. The van der Waals surface area contributed by atoms with Gasteiger partial charge in [0.15, 0.2) is 0 Å². The number of benzene rings is 1. The molecule has 1 aromatic carbocycles. The molecule has 1 aliphatic heterocycles. The number of anilines is 1. The standard InChI is InChI=1S/C16H21N3O/c1-2-18-9-5-7-13(11-18)19-15(17)10-12-6-3-4-8-14(12)16(19)20/h3-4,6,8,10,13H,2,5,7,9,11,17H2,1H3. The molecule has 0 saturated carbocycles. The molecule has 0 aliphatic carbocycles. The van der Waals surface area contributed by atoms with Crippen LogP contribution in [0.4, 0.5) is 5.82 Å². The number of nitrogens with zero attached hydrogens (tertiary/aromatic N) is 2. The molecule has 0 bridgehead atoms. The van der Waals surface area contributed by atoms with Crippen LogP contribution < -0.4 is 11.3 Å². The summed E-state index contributed by atoms with van der Waals surface area (Å²) >= 11 is 0. The molecule has 2 heterocycles. The van der Waals surface area contributed by atoms with E-state index in [2.05, 4.69) is 11.8 Å². The maximum absolute atomic E-state index is 12.7. The van der Waals surface area contributed by atoms with Crippen LogP contribution in [0.2, 0.25) is 0 Å². The Morgan fingerprint density at radius 2 is 2.15 bits per heavy atom. The van der Waals surface area contributed by atoms with Gasteiger partial charge >= 0.3 is 0 Å². The van der Waals surface area contributed by atoms with E-state index in [0.29, 0.717) is 5.82 Å². The smallest absolute Gasteiger partial charge is 0.260 e. The highest BCUT2D eigenvalue weighted by Gasteiger charge is 2.23. The van der Waals surface area contributed by atoms with Crippen LogP contribution in [0.15, 0.2) is 35.1 Å². The van der Waals surface area contributed by atoms with Crippen molar-refractivity contribution in [2.75, 3.05) is 25.4 Å². The van der Waals surface area contributed by atoms with Gasteiger partial charge in [0.1, 0.15) is 5.82 Å². The van der Waals surface area contributed by atoms with Gasteiger partial charge in [-0.25, -0.2) is 0 Å². The molecule has 1 unspecified atom stereocenters. The van der Waals surface area contributed by atoms with Crippen molar-refractivity contribution < 1.29 is 0 Å². The lowest BCUT2D eigenvalue weighted by molar-refractivity contribution is 0.184. The van der Waals surface area contributed by atoms with Gasteiger partial charge in [-0.2, -0.15) is 0 Å². The Morgan fingerprint density at radius 3 is 2.95 bits per heavy atom. The zero-order chi connectivity index (χ0) is 14.1. The Hall–Kier alpha value is -1.81. The summed E-state index contributed by atoms with van der Waals surface area (Å²) in [6.07, 6.45) is 2.15. The van der Waals surface area contributed by atoms with E-state index >= 15 is 0 Å². The van der Waals surface area contributed by atoms with E-state index < -0.39 is 0 Å². The highest BCUT2D eigenvalue weighted by Crippen LogP contribution is 2.24. The van der Waals surface area contributed by atoms with Crippen molar-refractivity contribution in [3.8, 4) is 0 Å². The van der Waals surface area contributed by atoms with Gasteiger partial charge < -0.3 is 10.6 Å². The SMILES string of the molecule is CCN1CCCC(n2c(N)cc3ccccc3c2=O)C1. The number of nitrogens with two attached hydrogens (primary N) is 1. The first-order valence-corrected chi connectivity index (χ1v) is 7.33. The fourth-order valence-electron chi connectivity index (χ4n) is 3.20. The van der Waals surface area contributed by atoms with Gasteiger partial charge in [0.05, 0.1) is 6.04 Å². The van der Waals surface area contributed by atoms with Crippen LogP contribution in [0, 0.1) is 0 Å². The molecule has 1 aromatic heterocycles. The van der Waals surface area contributed by atoms with E-state index in [1.165, 1.54) is 0 Å². The molecular formula is C16H21N3O. The minimum Gasteiger partial charge on any atom is -0.385 e. The number of pyridine rings is 1. The first-order valence-electron chi connectivity index (χ1n) is 7.33. The maximum Gasteiger partial charge on any atom is 0.260 e. The number of likely N-dealkylation sites (N-methyl/N-ethyl adjacent to an activating group) is 1. The average molecular weight is 271 g/mol. The third-order valence-corrected chi connectivity index (χ3v) is 4.28. The lowest BCUT2D eigenvalue weighted by Gasteiger charge is -2.33. The van der Waals surface area contributed by atoms with Crippen molar-refractivity contribution >= 4 is 16.6 Å². The van der Waals surface area contributed by atoms with Crippen molar-refractivity contribution in [1.82, 2.24) is 9.47 Å². The fourth-order valence-corrected chi connectivity index (χ4v) is 3.20. The maximum atomic E-state index is 12.7. The molecule has 1 aliphatic rings. The van der Waals surface area contributed by atoms with E-state index in [1.807, 2.05) is 30.3 Å². The summed E-state index contributed by atoms with van der Waals surface area (Å²) in [6.45, 7) is 5.22. The molecule has 0 spiro atoms. The Morgan fingerprint density at radius 1 is 1.35 bits per heavy atom. The topological polar surface area (TPSA) is 51.3 Å². The molecule has 2 N–H and O–H groups in total. The average Bonchev–Trinajstić information content (AvgIpc) is 2.47. The summed E-state index contributed by atoms with van der Waals surface area (Å²) in [5.74, 6) is 0.580. The van der Waals surface area contributed by atoms with Gasteiger partial charge in [-0.15, -0.1) is 0 Å². The number of piperidine rings is 1. The van der Waals surface area contributed by atoms with Gasteiger partial charge in [-0.1, -0.05) is 25.1 Å². The Labute approximate surface area is 118 Å². The minimum absolute atomic E-state index is 0.0450. The Kier molecular flexibility index (Phi) is 3.49. The molecule has 0 radical (unpaired) electrons. The van der Waals surface area contributed by atoms with Crippen LogP contribution in [-0.4, -0.2) is 29.1 Å². The second-order valence-corrected chi connectivity index (χ2v) is 5.52. The summed E-state index contributed by atoms with van der Waals surface area (Å²) in [6, 6.07) is 9.78. The molecule has 0 amide bonds. The number of hydrogen-bond acceptors (Lipinski definition) is 3. The van der Waals surface area contributed by atoms with E-state index in [4.69, 9.17) is 5.73 Å². The number of likely N-dealkylation sites (tertiary alicyclic amines) is 1. The van der Waals surface area contributed by atoms with Gasteiger partial charge in [0, 0.05) is 11.9 Å². The summed E-state index contributed by atoms with van der Waals surface area (Å²) in [5, 5.41) is 1.68. The van der Waals surface area contributed by atoms with Crippen LogP contribution in [0.1, 0.15) is 25.8 Å². The fraction of sp³-hybridized carbons (Fsp3) is 0.438. The van der Waals surface area contributed by atoms with Crippen LogP contribution in [0.3, 0.4) is 0 Å².